The molecule has 1 aromatic carbocycles. The SMILES string of the molecule is CN(C)S(=O)(=O)c1ccc(/C=C/C(=O)N2CCCC2)cc1. The van der Waals surface area contributed by atoms with E-state index in [0.717, 1.165) is 31.5 Å². The average Bonchev–Trinajstić information content (AvgIpc) is 2.99. The van der Waals surface area contributed by atoms with Crippen molar-refractivity contribution in [2.75, 3.05) is 27.2 Å². The summed E-state index contributed by atoms with van der Waals surface area (Å²) in [5.74, 6) is 0.0116. The lowest BCUT2D eigenvalue weighted by atomic mass is 10.2. The first-order valence-corrected chi connectivity index (χ1v) is 8.35. The minimum atomic E-state index is -3.40. The van der Waals surface area contributed by atoms with Gasteiger partial charge in [-0.2, -0.15) is 0 Å². The van der Waals surface area contributed by atoms with Crippen LogP contribution in [0.15, 0.2) is 35.2 Å². The molecule has 0 unspecified atom stereocenters. The van der Waals surface area contributed by atoms with Gasteiger partial charge in [-0.25, -0.2) is 12.7 Å². The first kappa shape index (κ1) is 15.7. The zero-order valence-electron chi connectivity index (χ0n) is 12.3. The van der Waals surface area contributed by atoms with E-state index in [1.165, 1.54) is 18.4 Å². The average molecular weight is 308 g/mol. The quantitative estimate of drug-likeness (QED) is 0.793. The highest BCUT2D eigenvalue weighted by Gasteiger charge is 2.17. The number of sulfonamides is 1. The maximum absolute atomic E-state index is 11.9. The van der Waals surface area contributed by atoms with Gasteiger partial charge >= 0.3 is 0 Å². The monoisotopic (exact) mass is 308 g/mol. The molecule has 0 N–H and O–H groups in total. The van der Waals surface area contributed by atoms with Crippen molar-refractivity contribution < 1.29 is 13.2 Å². The second-order valence-corrected chi connectivity index (χ2v) is 7.37. The Hall–Kier alpha value is -1.66. The van der Waals surface area contributed by atoms with Crippen molar-refractivity contribution in [1.82, 2.24) is 9.21 Å². The van der Waals surface area contributed by atoms with Crippen molar-refractivity contribution in [3.05, 3.63) is 35.9 Å². The molecule has 6 heteroatoms. The summed E-state index contributed by atoms with van der Waals surface area (Å²) in [5.41, 5.74) is 0.806. The van der Waals surface area contributed by atoms with Crippen LogP contribution in [0.2, 0.25) is 0 Å². The third-order valence-corrected chi connectivity index (χ3v) is 5.32. The molecule has 1 aliphatic rings. The first-order chi connectivity index (χ1) is 9.91. The van der Waals surface area contributed by atoms with Gasteiger partial charge in [-0.15, -0.1) is 0 Å². The standard InChI is InChI=1S/C15H20N2O3S/c1-16(2)21(19,20)14-8-5-13(6-9-14)7-10-15(18)17-11-3-4-12-17/h5-10H,3-4,11-12H2,1-2H3/b10-7+. The van der Waals surface area contributed by atoms with Gasteiger partial charge in [-0.1, -0.05) is 12.1 Å². The number of benzene rings is 1. The van der Waals surface area contributed by atoms with Gasteiger partial charge < -0.3 is 4.90 Å². The molecular weight excluding hydrogens is 288 g/mol. The molecule has 2 rings (SSSR count). The molecule has 1 saturated heterocycles. The fourth-order valence-corrected chi connectivity index (χ4v) is 3.07. The van der Waals surface area contributed by atoms with Crippen LogP contribution in [0.25, 0.3) is 6.08 Å². The van der Waals surface area contributed by atoms with Gasteiger partial charge in [0.05, 0.1) is 4.90 Å². The Kier molecular flexibility index (Phi) is 4.80. The van der Waals surface area contributed by atoms with E-state index in [4.69, 9.17) is 0 Å². The van der Waals surface area contributed by atoms with Crippen LogP contribution in [0.4, 0.5) is 0 Å². The molecule has 114 valence electrons. The largest absolute Gasteiger partial charge is 0.339 e. The van der Waals surface area contributed by atoms with E-state index in [2.05, 4.69) is 0 Å². The Morgan fingerprint density at radius 2 is 1.71 bits per heavy atom. The van der Waals surface area contributed by atoms with E-state index >= 15 is 0 Å². The number of amides is 1. The van der Waals surface area contributed by atoms with Crippen molar-refractivity contribution >= 4 is 22.0 Å². The van der Waals surface area contributed by atoms with Crippen LogP contribution in [0.1, 0.15) is 18.4 Å². The number of hydrogen-bond acceptors (Lipinski definition) is 3. The number of carbonyl (C=O) groups is 1. The van der Waals surface area contributed by atoms with E-state index in [0.29, 0.717) is 0 Å². The predicted octanol–water partition coefficient (Wildman–Crippen LogP) is 1.57. The first-order valence-electron chi connectivity index (χ1n) is 6.91. The highest BCUT2D eigenvalue weighted by atomic mass is 32.2. The minimum Gasteiger partial charge on any atom is -0.339 e. The van der Waals surface area contributed by atoms with Crippen molar-refractivity contribution in [3.63, 3.8) is 0 Å². The smallest absolute Gasteiger partial charge is 0.246 e. The normalized spacial score (nSPS) is 16.0. The highest BCUT2D eigenvalue weighted by Crippen LogP contribution is 2.15. The maximum Gasteiger partial charge on any atom is 0.246 e. The van der Waals surface area contributed by atoms with Gasteiger partial charge in [0, 0.05) is 33.3 Å². The number of rotatable bonds is 4. The van der Waals surface area contributed by atoms with Crippen LogP contribution in [0, 0.1) is 0 Å². The molecule has 1 heterocycles. The highest BCUT2D eigenvalue weighted by molar-refractivity contribution is 7.89. The summed E-state index contributed by atoms with van der Waals surface area (Å²) in [7, 11) is -0.408. The van der Waals surface area contributed by atoms with Crippen LogP contribution in [-0.4, -0.2) is 50.7 Å². The van der Waals surface area contributed by atoms with Crippen molar-refractivity contribution in [3.8, 4) is 0 Å². The molecule has 1 aliphatic heterocycles. The van der Waals surface area contributed by atoms with Gasteiger partial charge in [0.25, 0.3) is 0 Å². The molecule has 1 fully saturated rings. The Morgan fingerprint density at radius 3 is 2.24 bits per heavy atom. The van der Waals surface area contributed by atoms with Crippen molar-refractivity contribution in [2.45, 2.75) is 17.7 Å². The molecule has 21 heavy (non-hydrogen) atoms. The molecule has 0 aromatic heterocycles. The number of nitrogens with zero attached hydrogens (tertiary/aromatic N) is 2. The van der Waals surface area contributed by atoms with E-state index in [1.54, 1.807) is 36.4 Å². The minimum absolute atomic E-state index is 0.0116. The van der Waals surface area contributed by atoms with Crippen LogP contribution < -0.4 is 0 Å². The lowest BCUT2D eigenvalue weighted by Gasteiger charge is -2.12. The molecule has 1 aromatic rings. The van der Waals surface area contributed by atoms with E-state index in [-0.39, 0.29) is 10.8 Å². The van der Waals surface area contributed by atoms with Gasteiger partial charge in [-0.05, 0) is 36.6 Å². The third-order valence-electron chi connectivity index (χ3n) is 3.49. The molecule has 0 saturated carbocycles. The van der Waals surface area contributed by atoms with Gasteiger partial charge in [0.15, 0.2) is 0 Å². The molecule has 0 atom stereocenters. The molecule has 5 nitrogen and oxygen atoms in total. The Labute approximate surface area is 125 Å². The van der Waals surface area contributed by atoms with Crippen LogP contribution >= 0.6 is 0 Å². The van der Waals surface area contributed by atoms with Crippen LogP contribution in [-0.2, 0) is 14.8 Å². The number of carbonyl (C=O) groups excluding carboxylic acids is 1. The Balaban J connectivity index is 2.07. The number of likely N-dealkylation sites (tertiary alicyclic amines) is 1. The molecule has 0 spiro atoms. The predicted molar refractivity (Wildman–Crippen MR) is 82.2 cm³/mol. The van der Waals surface area contributed by atoms with E-state index < -0.39 is 10.0 Å². The zero-order chi connectivity index (χ0) is 15.5. The fourth-order valence-electron chi connectivity index (χ4n) is 2.17. The molecular formula is C15H20N2O3S. The Bertz CT molecular complexity index is 627. The van der Waals surface area contributed by atoms with Crippen molar-refractivity contribution in [1.29, 1.82) is 0 Å². The summed E-state index contributed by atoms with van der Waals surface area (Å²) in [6.07, 6.45) is 5.39. The van der Waals surface area contributed by atoms with Gasteiger partial charge in [0.1, 0.15) is 0 Å². The van der Waals surface area contributed by atoms with Crippen molar-refractivity contribution in [2.24, 2.45) is 0 Å². The van der Waals surface area contributed by atoms with Gasteiger partial charge in [-0.3, -0.25) is 4.79 Å². The fraction of sp³-hybridized carbons (Fsp3) is 0.400. The summed E-state index contributed by atoms with van der Waals surface area (Å²) in [6, 6.07) is 6.50. The summed E-state index contributed by atoms with van der Waals surface area (Å²) in [4.78, 5) is 13.9. The second-order valence-electron chi connectivity index (χ2n) is 5.22. The summed E-state index contributed by atoms with van der Waals surface area (Å²) in [5, 5.41) is 0. The second kappa shape index (κ2) is 6.41. The summed E-state index contributed by atoms with van der Waals surface area (Å²) < 4.78 is 25.0. The maximum atomic E-state index is 11.9. The lowest BCUT2D eigenvalue weighted by molar-refractivity contribution is -0.124. The summed E-state index contributed by atoms with van der Waals surface area (Å²) in [6.45, 7) is 1.65. The van der Waals surface area contributed by atoms with E-state index in [1.807, 2.05) is 4.90 Å². The lowest BCUT2D eigenvalue weighted by Crippen LogP contribution is -2.25. The van der Waals surface area contributed by atoms with Crippen LogP contribution in [0.3, 0.4) is 0 Å². The summed E-state index contributed by atoms with van der Waals surface area (Å²) >= 11 is 0. The third kappa shape index (κ3) is 3.71. The molecule has 0 radical (unpaired) electrons. The van der Waals surface area contributed by atoms with Crippen LogP contribution in [0.5, 0.6) is 0 Å². The molecule has 1 amide bonds. The number of hydrogen-bond donors (Lipinski definition) is 0. The molecule has 0 bridgehead atoms. The molecule has 0 aliphatic carbocycles. The van der Waals surface area contributed by atoms with Gasteiger partial charge in [0.2, 0.25) is 15.9 Å². The topological polar surface area (TPSA) is 57.7 Å². The Morgan fingerprint density at radius 1 is 1.14 bits per heavy atom. The zero-order valence-corrected chi connectivity index (χ0v) is 13.1. The van der Waals surface area contributed by atoms with E-state index in [9.17, 15) is 13.2 Å².